The standard InChI is InChI=1S/C17H31FO2/c1-5-7-9-10-11-12-14-17(18,13-8-6-2)20-16(19)15(3)4/h3,5-14H2,1-2,4H3. The summed E-state index contributed by atoms with van der Waals surface area (Å²) in [5.41, 5.74) is 0.256. The van der Waals surface area contributed by atoms with Crippen molar-refractivity contribution in [3.8, 4) is 0 Å². The van der Waals surface area contributed by atoms with Crippen molar-refractivity contribution in [3.05, 3.63) is 12.2 Å². The Morgan fingerprint density at radius 1 is 1.00 bits per heavy atom. The van der Waals surface area contributed by atoms with Crippen LogP contribution in [0, 0.1) is 0 Å². The predicted molar refractivity (Wildman–Crippen MR) is 82.3 cm³/mol. The molecule has 3 heteroatoms. The van der Waals surface area contributed by atoms with Crippen molar-refractivity contribution in [2.45, 2.75) is 90.8 Å². The second-order valence-electron chi connectivity index (χ2n) is 5.67. The molecule has 0 aliphatic carbocycles. The lowest BCUT2D eigenvalue weighted by Crippen LogP contribution is -2.30. The van der Waals surface area contributed by atoms with Crippen LogP contribution in [0.15, 0.2) is 12.2 Å². The SMILES string of the molecule is C=C(C)C(=O)OC(F)(CCCC)CCCCCCCC. The molecule has 2 nitrogen and oxygen atoms in total. The summed E-state index contributed by atoms with van der Waals surface area (Å²) in [5.74, 6) is -2.42. The van der Waals surface area contributed by atoms with Crippen molar-refractivity contribution in [1.29, 1.82) is 0 Å². The molecule has 1 atom stereocenters. The number of esters is 1. The van der Waals surface area contributed by atoms with E-state index in [0.29, 0.717) is 6.42 Å². The van der Waals surface area contributed by atoms with Gasteiger partial charge in [0.15, 0.2) is 0 Å². The Hall–Kier alpha value is -0.860. The van der Waals surface area contributed by atoms with E-state index < -0.39 is 11.8 Å². The van der Waals surface area contributed by atoms with Gasteiger partial charge < -0.3 is 4.74 Å². The number of carbonyl (C=O) groups is 1. The Labute approximate surface area is 123 Å². The molecule has 0 aromatic rings. The van der Waals surface area contributed by atoms with Gasteiger partial charge in [0.2, 0.25) is 0 Å². The lowest BCUT2D eigenvalue weighted by Gasteiger charge is -2.25. The zero-order chi connectivity index (χ0) is 15.4. The molecule has 20 heavy (non-hydrogen) atoms. The fourth-order valence-corrected chi connectivity index (χ4v) is 2.09. The van der Waals surface area contributed by atoms with Gasteiger partial charge in [-0.15, -0.1) is 0 Å². The first kappa shape index (κ1) is 19.1. The first-order valence-corrected chi connectivity index (χ1v) is 8.03. The fraction of sp³-hybridized carbons (Fsp3) is 0.824. The maximum atomic E-state index is 14.7. The van der Waals surface area contributed by atoms with E-state index in [1.54, 1.807) is 6.92 Å². The van der Waals surface area contributed by atoms with Gasteiger partial charge in [0.05, 0.1) is 0 Å². The highest BCUT2D eigenvalue weighted by atomic mass is 19.2. The summed E-state index contributed by atoms with van der Waals surface area (Å²) in [6.45, 7) is 9.24. The van der Waals surface area contributed by atoms with Gasteiger partial charge in [-0.3, -0.25) is 0 Å². The summed E-state index contributed by atoms with van der Waals surface area (Å²) < 4.78 is 19.7. The summed E-state index contributed by atoms with van der Waals surface area (Å²) >= 11 is 0. The minimum Gasteiger partial charge on any atom is -0.425 e. The molecule has 0 aliphatic heterocycles. The summed E-state index contributed by atoms with van der Waals surface area (Å²) in [6, 6.07) is 0. The van der Waals surface area contributed by atoms with Crippen molar-refractivity contribution >= 4 is 5.97 Å². The Balaban J connectivity index is 4.18. The molecule has 0 aromatic carbocycles. The van der Waals surface area contributed by atoms with Gasteiger partial charge >= 0.3 is 5.97 Å². The first-order valence-electron chi connectivity index (χ1n) is 8.03. The van der Waals surface area contributed by atoms with E-state index in [2.05, 4.69) is 13.5 Å². The van der Waals surface area contributed by atoms with E-state index in [4.69, 9.17) is 4.74 Å². The van der Waals surface area contributed by atoms with Gasteiger partial charge in [-0.1, -0.05) is 59.0 Å². The molecule has 118 valence electrons. The van der Waals surface area contributed by atoms with Crippen LogP contribution in [-0.4, -0.2) is 11.8 Å². The monoisotopic (exact) mass is 286 g/mol. The third-order valence-electron chi connectivity index (χ3n) is 3.43. The fourth-order valence-electron chi connectivity index (χ4n) is 2.09. The van der Waals surface area contributed by atoms with Gasteiger partial charge in [-0.05, 0) is 19.8 Å². The average Bonchev–Trinajstić information content (AvgIpc) is 2.40. The van der Waals surface area contributed by atoms with E-state index in [1.807, 2.05) is 6.92 Å². The molecular weight excluding hydrogens is 255 g/mol. The molecule has 0 aromatic heterocycles. The van der Waals surface area contributed by atoms with Crippen molar-refractivity contribution < 1.29 is 13.9 Å². The molecule has 0 saturated carbocycles. The number of rotatable bonds is 12. The third-order valence-corrected chi connectivity index (χ3v) is 3.43. The highest BCUT2D eigenvalue weighted by molar-refractivity contribution is 5.87. The quantitative estimate of drug-likeness (QED) is 0.261. The molecule has 0 rings (SSSR count). The highest BCUT2D eigenvalue weighted by Gasteiger charge is 2.32. The summed E-state index contributed by atoms with van der Waals surface area (Å²) in [5, 5.41) is 0. The number of hydrogen-bond acceptors (Lipinski definition) is 2. The molecule has 0 radical (unpaired) electrons. The number of halogens is 1. The van der Waals surface area contributed by atoms with E-state index in [-0.39, 0.29) is 12.0 Å². The smallest absolute Gasteiger partial charge is 0.335 e. The Bertz CT molecular complexity index is 289. The number of unbranched alkanes of at least 4 members (excludes halogenated alkanes) is 6. The van der Waals surface area contributed by atoms with Crippen LogP contribution in [0.2, 0.25) is 0 Å². The molecule has 0 aliphatic rings. The van der Waals surface area contributed by atoms with E-state index in [1.165, 1.54) is 19.3 Å². The first-order chi connectivity index (χ1) is 9.45. The third kappa shape index (κ3) is 9.11. The molecule has 1 unspecified atom stereocenters. The molecule has 0 bridgehead atoms. The average molecular weight is 286 g/mol. The Morgan fingerprint density at radius 3 is 2.05 bits per heavy atom. The molecule has 0 N–H and O–H groups in total. The highest BCUT2D eigenvalue weighted by Crippen LogP contribution is 2.29. The molecule has 0 saturated heterocycles. The van der Waals surface area contributed by atoms with Crippen LogP contribution in [-0.2, 0) is 9.53 Å². The van der Waals surface area contributed by atoms with E-state index >= 15 is 0 Å². The number of alkyl halides is 1. The summed E-state index contributed by atoms with van der Waals surface area (Å²) in [4.78, 5) is 11.5. The largest absolute Gasteiger partial charge is 0.425 e. The number of hydrogen-bond donors (Lipinski definition) is 0. The van der Waals surface area contributed by atoms with E-state index in [0.717, 1.165) is 32.1 Å². The molecular formula is C17H31FO2. The van der Waals surface area contributed by atoms with Crippen molar-refractivity contribution in [2.24, 2.45) is 0 Å². The van der Waals surface area contributed by atoms with Crippen LogP contribution in [0.5, 0.6) is 0 Å². The second kappa shape index (κ2) is 10.9. The van der Waals surface area contributed by atoms with Crippen LogP contribution in [0.1, 0.15) is 85.0 Å². The van der Waals surface area contributed by atoms with Crippen LogP contribution in [0.25, 0.3) is 0 Å². The Morgan fingerprint density at radius 2 is 1.50 bits per heavy atom. The van der Waals surface area contributed by atoms with Crippen LogP contribution in [0.4, 0.5) is 4.39 Å². The molecule has 0 fully saturated rings. The minimum absolute atomic E-state index is 0.256. The lowest BCUT2D eigenvalue weighted by molar-refractivity contribution is -0.182. The van der Waals surface area contributed by atoms with Crippen LogP contribution >= 0.6 is 0 Å². The van der Waals surface area contributed by atoms with E-state index in [9.17, 15) is 9.18 Å². The number of carbonyl (C=O) groups excluding carboxylic acids is 1. The van der Waals surface area contributed by atoms with Gasteiger partial charge in [-0.25, -0.2) is 4.79 Å². The van der Waals surface area contributed by atoms with Crippen LogP contribution < -0.4 is 0 Å². The maximum Gasteiger partial charge on any atom is 0.335 e. The minimum atomic E-state index is -1.81. The summed E-state index contributed by atoms with van der Waals surface area (Å²) in [6.07, 6.45) is 8.78. The normalized spacial score (nSPS) is 13.8. The van der Waals surface area contributed by atoms with Gasteiger partial charge in [0.1, 0.15) is 0 Å². The molecule has 0 spiro atoms. The van der Waals surface area contributed by atoms with Crippen molar-refractivity contribution in [3.63, 3.8) is 0 Å². The zero-order valence-corrected chi connectivity index (χ0v) is 13.5. The zero-order valence-electron chi connectivity index (χ0n) is 13.5. The number of ether oxygens (including phenoxy) is 1. The topological polar surface area (TPSA) is 26.3 Å². The summed E-state index contributed by atoms with van der Waals surface area (Å²) in [7, 11) is 0. The van der Waals surface area contributed by atoms with Gasteiger partial charge in [0, 0.05) is 18.4 Å². The predicted octanol–water partition coefficient (Wildman–Crippen LogP) is 5.71. The second-order valence-corrected chi connectivity index (χ2v) is 5.67. The van der Waals surface area contributed by atoms with Crippen LogP contribution in [0.3, 0.4) is 0 Å². The molecule has 0 amide bonds. The molecule has 0 heterocycles. The maximum absolute atomic E-state index is 14.7. The Kier molecular flexibility index (Phi) is 10.4. The lowest BCUT2D eigenvalue weighted by atomic mass is 10.0. The van der Waals surface area contributed by atoms with Gasteiger partial charge in [-0.2, -0.15) is 4.39 Å². The van der Waals surface area contributed by atoms with Crippen molar-refractivity contribution in [2.75, 3.05) is 0 Å². The van der Waals surface area contributed by atoms with Crippen molar-refractivity contribution in [1.82, 2.24) is 0 Å². The van der Waals surface area contributed by atoms with Gasteiger partial charge in [0.25, 0.3) is 5.85 Å².